The van der Waals surface area contributed by atoms with Gasteiger partial charge in [-0.2, -0.15) is 0 Å². The van der Waals surface area contributed by atoms with Crippen molar-refractivity contribution >= 4 is 45.6 Å². The van der Waals surface area contributed by atoms with Crippen LogP contribution < -0.4 is 15.1 Å². The van der Waals surface area contributed by atoms with E-state index in [4.69, 9.17) is 4.43 Å². The Morgan fingerprint density at radius 3 is 1.84 bits per heavy atom. The molecule has 0 unspecified atom stereocenters. The van der Waals surface area contributed by atoms with Crippen LogP contribution >= 0.6 is 15.9 Å². The smallest absolute Gasteiger partial charge is 0.261 e. The van der Waals surface area contributed by atoms with E-state index in [0.717, 1.165) is 22.9 Å². The summed E-state index contributed by atoms with van der Waals surface area (Å²) in [5, 5.41) is 2.38. The van der Waals surface area contributed by atoms with Gasteiger partial charge in [-0.3, -0.25) is 0 Å². The fourth-order valence-electron chi connectivity index (χ4n) is 5.25. The minimum atomic E-state index is -2.77. The molecule has 3 aromatic carbocycles. The van der Waals surface area contributed by atoms with E-state index in [1.807, 2.05) is 26.8 Å². The summed E-state index contributed by atoms with van der Waals surface area (Å²) >= 11 is 3.69. The molecule has 1 saturated carbocycles. The Kier molecular flexibility index (Phi) is 8.37. The van der Waals surface area contributed by atoms with Crippen LogP contribution in [0, 0.1) is 5.92 Å². The third-order valence-corrected chi connectivity index (χ3v) is 14.5. The maximum Gasteiger partial charge on any atom is 0.261 e. The van der Waals surface area contributed by atoms with E-state index in [-0.39, 0.29) is 5.04 Å². The third-order valence-electron chi connectivity index (χ3n) is 7.38. The monoisotopic (exact) mass is 597 g/mol. The minimum absolute atomic E-state index is 0.133. The molecule has 0 radical (unpaired) electrons. The maximum atomic E-state index is 13.7. The van der Waals surface area contributed by atoms with Crippen molar-refractivity contribution in [2.75, 3.05) is 6.61 Å². The SMILES string of the molecule is CC(C)(C)[S@](=O)N[C@@](CO[Si](c1ccccc1)(c1ccccc1)C(C)(C)C)(c1cccc(Br)c1)C1CC1. The van der Waals surface area contributed by atoms with Crippen molar-refractivity contribution in [1.82, 2.24) is 4.72 Å². The molecule has 0 aromatic heterocycles. The van der Waals surface area contributed by atoms with E-state index in [1.54, 1.807) is 0 Å². The molecule has 1 aliphatic carbocycles. The number of halogens is 1. The summed E-state index contributed by atoms with van der Waals surface area (Å²) in [5.74, 6) is 0.353. The largest absolute Gasteiger partial charge is 0.405 e. The van der Waals surface area contributed by atoms with E-state index in [0.29, 0.717) is 12.5 Å². The zero-order chi connectivity index (χ0) is 26.9. The Hall–Kier alpha value is -1.57. The fraction of sp³-hybridized carbons (Fsp3) is 0.419. The van der Waals surface area contributed by atoms with Crippen LogP contribution in [-0.4, -0.2) is 23.9 Å². The predicted molar refractivity (Wildman–Crippen MR) is 163 cm³/mol. The van der Waals surface area contributed by atoms with Crippen LogP contribution in [-0.2, 0) is 21.0 Å². The van der Waals surface area contributed by atoms with Gasteiger partial charge in [-0.25, -0.2) is 8.93 Å². The lowest BCUT2D eigenvalue weighted by Crippen LogP contribution is -2.68. The van der Waals surface area contributed by atoms with Gasteiger partial charge in [0.15, 0.2) is 0 Å². The van der Waals surface area contributed by atoms with Crippen LogP contribution in [0.4, 0.5) is 0 Å². The highest BCUT2D eigenvalue weighted by atomic mass is 79.9. The quantitative estimate of drug-likeness (QED) is 0.279. The summed E-state index contributed by atoms with van der Waals surface area (Å²) in [6, 6.07) is 29.9. The Bertz CT molecular complexity index is 1180. The number of nitrogens with one attached hydrogen (secondary N) is 1. The average molecular weight is 599 g/mol. The molecule has 37 heavy (non-hydrogen) atoms. The second-order valence-corrected chi connectivity index (χ2v) is 19.4. The summed E-state index contributed by atoms with van der Waals surface area (Å²) in [6.07, 6.45) is 2.18. The van der Waals surface area contributed by atoms with Gasteiger partial charge in [0.2, 0.25) is 0 Å². The standard InChI is InChI=1S/C31H40BrNO2SSi/c1-29(2,3)36(34)33-31(24-20-21-24,25-14-13-15-26(32)22-25)23-35-37(30(4,5)6,27-16-9-7-10-17-27)28-18-11-8-12-19-28/h7-19,22,24,33H,20-21,23H2,1-6H3/t31-,36+/m1/s1. The van der Waals surface area contributed by atoms with Crippen molar-refractivity contribution in [3.05, 3.63) is 95.0 Å². The highest BCUT2D eigenvalue weighted by molar-refractivity contribution is 9.10. The van der Waals surface area contributed by atoms with Crippen molar-refractivity contribution in [2.24, 2.45) is 5.92 Å². The van der Waals surface area contributed by atoms with Crippen LogP contribution in [0.5, 0.6) is 0 Å². The number of rotatable bonds is 9. The van der Waals surface area contributed by atoms with Gasteiger partial charge < -0.3 is 4.43 Å². The Morgan fingerprint density at radius 1 is 0.865 bits per heavy atom. The van der Waals surface area contributed by atoms with Gasteiger partial charge in [-0.05, 0) is 72.6 Å². The van der Waals surface area contributed by atoms with Gasteiger partial charge in [0.05, 0.1) is 27.9 Å². The molecular weight excluding hydrogens is 558 g/mol. The van der Waals surface area contributed by atoms with Crippen molar-refractivity contribution < 1.29 is 8.63 Å². The molecule has 1 aliphatic rings. The first-order valence-corrected chi connectivity index (χ1v) is 17.0. The molecule has 3 aromatic rings. The minimum Gasteiger partial charge on any atom is -0.405 e. The lowest BCUT2D eigenvalue weighted by atomic mass is 9.87. The molecule has 6 heteroatoms. The summed E-state index contributed by atoms with van der Waals surface area (Å²) in [7, 11) is -4.03. The van der Waals surface area contributed by atoms with Gasteiger partial charge >= 0.3 is 0 Å². The molecular formula is C31H40BrNO2SSi. The highest BCUT2D eigenvalue weighted by Gasteiger charge is 2.55. The van der Waals surface area contributed by atoms with Crippen molar-refractivity contribution in [2.45, 2.75) is 69.7 Å². The molecule has 3 nitrogen and oxygen atoms in total. The van der Waals surface area contributed by atoms with E-state index in [1.165, 1.54) is 10.4 Å². The van der Waals surface area contributed by atoms with Crippen LogP contribution in [0.2, 0.25) is 5.04 Å². The van der Waals surface area contributed by atoms with Crippen molar-refractivity contribution in [3.63, 3.8) is 0 Å². The summed E-state index contributed by atoms with van der Waals surface area (Å²) < 4.78 is 25.4. The van der Waals surface area contributed by atoms with Crippen LogP contribution in [0.25, 0.3) is 0 Å². The normalized spacial score (nSPS) is 17.3. The topological polar surface area (TPSA) is 38.3 Å². The van der Waals surface area contributed by atoms with E-state index >= 15 is 0 Å². The molecule has 0 aliphatic heterocycles. The molecule has 0 bridgehead atoms. The first kappa shape index (κ1) is 28.4. The Balaban J connectivity index is 1.89. The molecule has 1 N–H and O–H groups in total. The van der Waals surface area contributed by atoms with Gasteiger partial charge in [-0.15, -0.1) is 0 Å². The van der Waals surface area contributed by atoms with Crippen LogP contribution in [0.3, 0.4) is 0 Å². The van der Waals surface area contributed by atoms with Crippen LogP contribution in [0.1, 0.15) is 59.9 Å². The Labute approximate surface area is 235 Å². The second-order valence-electron chi connectivity index (χ2n) is 12.2. The van der Waals surface area contributed by atoms with Gasteiger partial charge in [0.25, 0.3) is 8.32 Å². The zero-order valence-electron chi connectivity index (χ0n) is 22.9. The summed E-state index contributed by atoms with van der Waals surface area (Å²) in [5.41, 5.74) is 0.564. The third kappa shape index (κ3) is 5.89. The average Bonchev–Trinajstić information content (AvgIpc) is 3.69. The molecule has 2 atom stereocenters. The second kappa shape index (κ2) is 10.9. The van der Waals surface area contributed by atoms with E-state index < -0.39 is 29.6 Å². The molecule has 4 rings (SSSR count). The molecule has 0 saturated heterocycles. The molecule has 0 amide bonds. The maximum absolute atomic E-state index is 13.7. The molecule has 0 heterocycles. The molecule has 1 fully saturated rings. The fourth-order valence-corrected chi connectivity index (χ4v) is 11.2. The Morgan fingerprint density at radius 2 is 1.41 bits per heavy atom. The van der Waals surface area contributed by atoms with Crippen molar-refractivity contribution in [1.29, 1.82) is 0 Å². The lowest BCUT2D eigenvalue weighted by Gasteiger charge is -2.46. The molecule has 0 spiro atoms. The highest BCUT2D eigenvalue weighted by Crippen LogP contribution is 2.48. The predicted octanol–water partition coefficient (Wildman–Crippen LogP) is 6.68. The summed E-state index contributed by atoms with van der Waals surface area (Å²) in [6.45, 7) is 13.4. The van der Waals surface area contributed by atoms with Gasteiger partial charge in [0.1, 0.15) is 0 Å². The zero-order valence-corrected chi connectivity index (χ0v) is 26.3. The summed E-state index contributed by atoms with van der Waals surface area (Å²) in [4.78, 5) is 0. The first-order chi connectivity index (χ1) is 17.4. The first-order valence-electron chi connectivity index (χ1n) is 13.1. The van der Waals surface area contributed by atoms with E-state index in [9.17, 15) is 4.21 Å². The van der Waals surface area contributed by atoms with Gasteiger partial charge in [-0.1, -0.05) is 109 Å². The number of hydrogen-bond acceptors (Lipinski definition) is 2. The van der Waals surface area contributed by atoms with Crippen LogP contribution in [0.15, 0.2) is 89.4 Å². The van der Waals surface area contributed by atoms with E-state index in [2.05, 4.69) is 120 Å². The number of benzene rings is 3. The van der Waals surface area contributed by atoms with Crippen molar-refractivity contribution in [3.8, 4) is 0 Å². The molecule has 198 valence electrons. The number of hydrogen-bond donors (Lipinski definition) is 1. The lowest BCUT2D eigenvalue weighted by molar-refractivity contribution is 0.172. The van der Waals surface area contributed by atoms with Gasteiger partial charge in [0, 0.05) is 4.47 Å².